The molecular formula is C12H12BrN3O. The fraction of sp³-hybridized carbons (Fsp3) is 0.167. The molecule has 1 aromatic carbocycles. The van der Waals surface area contributed by atoms with E-state index in [0.29, 0.717) is 12.2 Å². The van der Waals surface area contributed by atoms with Crippen LogP contribution in [-0.4, -0.2) is 16.1 Å². The van der Waals surface area contributed by atoms with Crippen LogP contribution < -0.4 is 5.32 Å². The Kier molecular flexibility index (Phi) is 3.93. The van der Waals surface area contributed by atoms with Crippen LogP contribution in [0.4, 0.5) is 0 Å². The zero-order chi connectivity index (χ0) is 12.1. The zero-order valence-corrected chi connectivity index (χ0v) is 10.7. The Labute approximate surface area is 108 Å². The molecule has 0 aliphatic heterocycles. The minimum Gasteiger partial charge on any atom is -0.347 e. The van der Waals surface area contributed by atoms with Crippen LogP contribution in [0.5, 0.6) is 0 Å². The van der Waals surface area contributed by atoms with Gasteiger partial charge in [-0.2, -0.15) is 5.10 Å². The van der Waals surface area contributed by atoms with Gasteiger partial charge in [-0.3, -0.25) is 9.89 Å². The number of aromatic nitrogens is 2. The molecule has 5 heteroatoms. The van der Waals surface area contributed by atoms with Crippen LogP contribution in [0, 0.1) is 0 Å². The topological polar surface area (TPSA) is 57.8 Å². The Morgan fingerprint density at radius 2 is 1.94 bits per heavy atom. The average molecular weight is 294 g/mol. The molecule has 1 heterocycles. The van der Waals surface area contributed by atoms with Crippen LogP contribution in [-0.2, 0) is 11.9 Å². The van der Waals surface area contributed by atoms with E-state index < -0.39 is 0 Å². The van der Waals surface area contributed by atoms with Gasteiger partial charge >= 0.3 is 0 Å². The molecule has 17 heavy (non-hydrogen) atoms. The van der Waals surface area contributed by atoms with Gasteiger partial charge in [0.15, 0.2) is 0 Å². The SMILES string of the molecule is O=C(NCc1ccc(CBr)cc1)c1ccn[nH]1. The first kappa shape index (κ1) is 11.9. The minimum absolute atomic E-state index is 0.146. The second-order valence-corrected chi connectivity index (χ2v) is 4.16. The first-order valence-corrected chi connectivity index (χ1v) is 6.33. The molecule has 2 rings (SSSR count). The molecule has 0 saturated carbocycles. The maximum Gasteiger partial charge on any atom is 0.269 e. The number of halogens is 1. The Hall–Kier alpha value is -1.62. The molecule has 1 aromatic heterocycles. The van der Waals surface area contributed by atoms with Crippen LogP contribution in [0.25, 0.3) is 0 Å². The number of alkyl halides is 1. The van der Waals surface area contributed by atoms with E-state index in [4.69, 9.17) is 0 Å². The van der Waals surface area contributed by atoms with E-state index in [-0.39, 0.29) is 5.91 Å². The van der Waals surface area contributed by atoms with E-state index in [1.807, 2.05) is 24.3 Å². The summed E-state index contributed by atoms with van der Waals surface area (Å²) in [4.78, 5) is 11.6. The van der Waals surface area contributed by atoms with Crippen LogP contribution in [0.15, 0.2) is 36.5 Å². The molecule has 0 bridgehead atoms. The van der Waals surface area contributed by atoms with Gasteiger partial charge < -0.3 is 5.32 Å². The summed E-state index contributed by atoms with van der Waals surface area (Å²) < 4.78 is 0. The van der Waals surface area contributed by atoms with E-state index in [9.17, 15) is 4.79 Å². The Bertz CT molecular complexity index is 479. The molecule has 4 nitrogen and oxygen atoms in total. The lowest BCUT2D eigenvalue weighted by Crippen LogP contribution is -2.23. The van der Waals surface area contributed by atoms with E-state index in [0.717, 1.165) is 10.9 Å². The van der Waals surface area contributed by atoms with Gasteiger partial charge in [0.25, 0.3) is 5.91 Å². The van der Waals surface area contributed by atoms with E-state index >= 15 is 0 Å². The maximum atomic E-state index is 11.6. The monoisotopic (exact) mass is 293 g/mol. The summed E-state index contributed by atoms with van der Waals surface area (Å²) in [6.45, 7) is 0.514. The third kappa shape index (κ3) is 3.17. The van der Waals surface area contributed by atoms with Crippen LogP contribution >= 0.6 is 15.9 Å². The molecule has 0 unspecified atom stereocenters. The average Bonchev–Trinajstić information content (AvgIpc) is 2.90. The van der Waals surface area contributed by atoms with Crippen molar-refractivity contribution < 1.29 is 4.79 Å². The highest BCUT2D eigenvalue weighted by Gasteiger charge is 2.05. The van der Waals surface area contributed by atoms with Crippen molar-refractivity contribution in [3.63, 3.8) is 0 Å². The summed E-state index contributed by atoms with van der Waals surface area (Å²) in [6.07, 6.45) is 1.56. The zero-order valence-electron chi connectivity index (χ0n) is 9.11. The summed E-state index contributed by atoms with van der Waals surface area (Å²) in [5, 5.41) is 10.0. The predicted molar refractivity (Wildman–Crippen MR) is 68.8 cm³/mol. The Morgan fingerprint density at radius 3 is 2.53 bits per heavy atom. The predicted octanol–water partition coefficient (Wildman–Crippen LogP) is 2.23. The van der Waals surface area contributed by atoms with E-state index in [2.05, 4.69) is 31.4 Å². The molecule has 88 valence electrons. The molecule has 0 aliphatic carbocycles. The van der Waals surface area contributed by atoms with Crippen molar-refractivity contribution in [2.75, 3.05) is 0 Å². The largest absolute Gasteiger partial charge is 0.347 e. The van der Waals surface area contributed by atoms with Gasteiger partial charge in [0.1, 0.15) is 5.69 Å². The summed E-state index contributed by atoms with van der Waals surface area (Å²) in [5.41, 5.74) is 2.76. The molecule has 0 spiro atoms. The lowest BCUT2D eigenvalue weighted by Gasteiger charge is -2.04. The molecular weight excluding hydrogens is 282 g/mol. The van der Waals surface area contributed by atoms with Crippen LogP contribution in [0.1, 0.15) is 21.6 Å². The van der Waals surface area contributed by atoms with Gasteiger partial charge in [-0.1, -0.05) is 40.2 Å². The molecule has 2 aromatic rings. The third-order valence-electron chi connectivity index (χ3n) is 2.38. The van der Waals surface area contributed by atoms with Gasteiger partial charge in [-0.25, -0.2) is 0 Å². The number of hydrogen-bond donors (Lipinski definition) is 2. The van der Waals surface area contributed by atoms with Crippen molar-refractivity contribution in [1.82, 2.24) is 15.5 Å². The molecule has 0 saturated heterocycles. The molecule has 0 radical (unpaired) electrons. The van der Waals surface area contributed by atoms with E-state index in [1.165, 1.54) is 5.56 Å². The van der Waals surface area contributed by atoms with Crippen LogP contribution in [0.3, 0.4) is 0 Å². The number of benzene rings is 1. The molecule has 0 aliphatic rings. The van der Waals surface area contributed by atoms with Gasteiger partial charge in [-0.15, -0.1) is 0 Å². The quantitative estimate of drug-likeness (QED) is 0.850. The Balaban J connectivity index is 1.91. The highest BCUT2D eigenvalue weighted by Crippen LogP contribution is 2.07. The number of amides is 1. The summed E-state index contributed by atoms with van der Waals surface area (Å²) in [6, 6.07) is 9.72. The highest BCUT2D eigenvalue weighted by atomic mass is 79.9. The number of carbonyl (C=O) groups excluding carboxylic acids is 1. The fourth-order valence-corrected chi connectivity index (χ4v) is 1.78. The van der Waals surface area contributed by atoms with Crippen LogP contribution in [0.2, 0.25) is 0 Å². The molecule has 0 fully saturated rings. The van der Waals surface area contributed by atoms with Crippen molar-refractivity contribution in [2.24, 2.45) is 0 Å². The number of aromatic amines is 1. The van der Waals surface area contributed by atoms with Crippen molar-refractivity contribution in [2.45, 2.75) is 11.9 Å². The van der Waals surface area contributed by atoms with Gasteiger partial charge in [0.2, 0.25) is 0 Å². The normalized spacial score (nSPS) is 10.2. The second kappa shape index (κ2) is 5.63. The number of carbonyl (C=O) groups is 1. The summed E-state index contributed by atoms with van der Waals surface area (Å²) in [5.74, 6) is -0.146. The summed E-state index contributed by atoms with van der Waals surface area (Å²) >= 11 is 3.39. The van der Waals surface area contributed by atoms with E-state index in [1.54, 1.807) is 12.3 Å². The molecule has 2 N–H and O–H groups in total. The summed E-state index contributed by atoms with van der Waals surface area (Å²) in [7, 11) is 0. The standard InChI is InChI=1S/C12H12BrN3O/c13-7-9-1-3-10(4-2-9)8-14-12(17)11-5-6-15-16-11/h1-6H,7-8H2,(H,14,17)(H,15,16). The number of hydrogen-bond acceptors (Lipinski definition) is 2. The Morgan fingerprint density at radius 1 is 1.24 bits per heavy atom. The lowest BCUT2D eigenvalue weighted by molar-refractivity contribution is 0.0946. The number of H-pyrrole nitrogens is 1. The van der Waals surface area contributed by atoms with Gasteiger partial charge in [0.05, 0.1) is 0 Å². The minimum atomic E-state index is -0.146. The number of rotatable bonds is 4. The van der Waals surface area contributed by atoms with Crippen molar-refractivity contribution in [3.8, 4) is 0 Å². The van der Waals surface area contributed by atoms with Crippen molar-refractivity contribution in [3.05, 3.63) is 53.3 Å². The smallest absolute Gasteiger partial charge is 0.269 e. The number of nitrogens with one attached hydrogen (secondary N) is 2. The second-order valence-electron chi connectivity index (χ2n) is 3.60. The fourth-order valence-electron chi connectivity index (χ4n) is 1.41. The lowest BCUT2D eigenvalue weighted by atomic mass is 10.1. The first-order valence-electron chi connectivity index (χ1n) is 5.21. The molecule has 0 atom stereocenters. The van der Waals surface area contributed by atoms with Crippen molar-refractivity contribution in [1.29, 1.82) is 0 Å². The molecule has 1 amide bonds. The third-order valence-corrected chi connectivity index (χ3v) is 3.02. The first-order chi connectivity index (χ1) is 8.29. The number of nitrogens with zero attached hydrogens (tertiary/aromatic N) is 1. The maximum absolute atomic E-state index is 11.6. The highest BCUT2D eigenvalue weighted by molar-refractivity contribution is 9.08. The van der Waals surface area contributed by atoms with Gasteiger partial charge in [-0.05, 0) is 17.2 Å². The van der Waals surface area contributed by atoms with Gasteiger partial charge in [0, 0.05) is 18.1 Å². The van der Waals surface area contributed by atoms with Crippen molar-refractivity contribution >= 4 is 21.8 Å².